The lowest BCUT2D eigenvalue weighted by Crippen LogP contribution is -2.66. The summed E-state index contributed by atoms with van der Waals surface area (Å²) < 4.78 is 78.4. The molecule has 6 saturated carbocycles. The summed E-state index contributed by atoms with van der Waals surface area (Å²) >= 11 is 0. The SMILES string of the molecule is COCO[C@H]1C[C@@]2(C)C(CCC23OCOC32COCO2)C2CCC3=CC(=O)/C(=C\O)C[C@]3(C)C21.COCO[C@H]1C[C@@]2(C)C(CCC23OCOC32COCO2)C2CCC3=Cc4oncc4C[C@]3(C)C21.NO. The maximum atomic E-state index is 12.6. The third-order valence-electron chi connectivity index (χ3n) is 21.0. The molecule has 10 fully saturated rings. The van der Waals surface area contributed by atoms with Gasteiger partial charge in [-0.05, 0) is 136 Å². The van der Waals surface area contributed by atoms with E-state index in [4.69, 9.17) is 66.6 Å². The number of hydrogen-bond donors (Lipinski definition) is 3. The van der Waals surface area contributed by atoms with Gasteiger partial charge in [-0.25, -0.2) is 5.90 Å². The van der Waals surface area contributed by atoms with E-state index in [0.29, 0.717) is 54.8 Å². The van der Waals surface area contributed by atoms with Crippen LogP contribution in [0, 0.1) is 57.2 Å². The van der Waals surface area contributed by atoms with Crippen LogP contribution in [-0.4, -0.2) is 124 Å². The van der Waals surface area contributed by atoms with Gasteiger partial charge in [-0.2, -0.15) is 0 Å². The van der Waals surface area contributed by atoms with Crippen LogP contribution in [0.2, 0.25) is 0 Å². The van der Waals surface area contributed by atoms with Crippen LogP contribution in [-0.2, 0) is 68.1 Å². The zero-order valence-electron chi connectivity index (χ0n) is 41.7. The summed E-state index contributed by atoms with van der Waals surface area (Å²) in [6.45, 7) is 11.7. The monoisotopic (exact) mass is 983 g/mol. The molecule has 4 N–H and O–H groups in total. The molecule has 4 saturated heterocycles. The second kappa shape index (κ2) is 18.0. The zero-order chi connectivity index (χ0) is 49.0. The van der Waals surface area contributed by atoms with Gasteiger partial charge >= 0.3 is 0 Å². The molecular formula is C52H74N2O16. The molecular weight excluding hydrogens is 909 g/mol. The first-order chi connectivity index (χ1) is 33.8. The molecule has 1 aromatic rings. The molecule has 16 atom stereocenters. The smallest absolute Gasteiger partial charge is 0.226 e. The van der Waals surface area contributed by atoms with E-state index in [1.165, 1.54) is 16.7 Å². The molecule has 10 unspecified atom stereocenters. The van der Waals surface area contributed by atoms with E-state index in [0.717, 1.165) is 82.7 Å². The number of aromatic nitrogens is 1. The predicted octanol–water partition coefficient (Wildman–Crippen LogP) is 6.85. The van der Waals surface area contributed by atoms with Crippen molar-refractivity contribution in [1.82, 2.24) is 5.16 Å². The molecule has 5 heterocycles. The number of rotatable bonds is 6. The average molecular weight is 983 g/mol. The number of nitrogens with two attached hydrogens (primary N) is 1. The molecule has 70 heavy (non-hydrogen) atoms. The van der Waals surface area contributed by atoms with E-state index in [-0.39, 0.29) is 86.3 Å². The van der Waals surface area contributed by atoms with Gasteiger partial charge in [-0.1, -0.05) is 44.0 Å². The molecule has 13 rings (SSSR count). The standard InChI is InChI=1S/C26H35NO7.C26H36O8.H3NO/c1-23-9-16-11-27-34-20(16)8-17(23)4-5-18-19-6-7-25(26(33-15-31-25)12-29-14-32-26)24(19,2)10-21(22(18)23)30-13-28-3;1-23-9-16(11-27)20(28)8-17(23)4-5-18-19-6-7-25(26(34-15-32-25)12-30-14-33-26)24(19,2)10-21(22(18)23)31-13-29-3;1-2/h8,11,18-19,21-22H,4-7,9-10,12-15H2,1-3H3;8,11,18-19,21-22,27H,4-7,9-10,12-15H2,1-3H3;2H,1H2/b;16-11-;/t2*18?,19?,21-,22?,23-,24-,25?,26?;/m00./s1. The second-order valence-corrected chi connectivity index (χ2v) is 23.2. The first kappa shape index (κ1) is 49.5. The molecule has 18 heteroatoms. The number of fused-ring (bicyclic) bond motifs is 15. The van der Waals surface area contributed by atoms with E-state index >= 15 is 0 Å². The lowest BCUT2D eigenvalue weighted by molar-refractivity contribution is -0.264. The number of aliphatic hydroxyl groups excluding tert-OH is 1. The number of hydrogen-bond acceptors (Lipinski definition) is 18. The summed E-state index contributed by atoms with van der Waals surface area (Å²) in [6.07, 6.45) is 18.1. The summed E-state index contributed by atoms with van der Waals surface area (Å²) in [5, 5.41) is 20.4. The highest BCUT2D eigenvalue weighted by molar-refractivity contribution is 6.05. The number of methoxy groups -OCH3 is 2. The van der Waals surface area contributed by atoms with Crippen LogP contribution in [0.1, 0.15) is 110 Å². The highest BCUT2D eigenvalue weighted by atomic mass is 16.9. The molecule has 18 nitrogen and oxygen atoms in total. The fraction of sp³-hybridized carbons (Fsp3) is 0.808. The van der Waals surface area contributed by atoms with Crippen LogP contribution < -0.4 is 5.90 Å². The molecule has 4 spiro atoms. The molecule has 12 aliphatic rings. The van der Waals surface area contributed by atoms with Crippen molar-refractivity contribution < 1.29 is 76.5 Å². The van der Waals surface area contributed by atoms with Crippen LogP contribution in [0.15, 0.2) is 39.8 Å². The Labute approximate surface area is 410 Å². The van der Waals surface area contributed by atoms with E-state index in [2.05, 4.69) is 44.8 Å². The summed E-state index contributed by atoms with van der Waals surface area (Å²) in [6, 6.07) is 0. The van der Waals surface area contributed by atoms with Gasteiger partial charge in [0.15, 0.2) is 38.7 Å². The van der Waals surface area contributed by atoms with Crippen LogP contribution in [0.25, 0.3) is 6.08 Å². The normalized spacial score (nSPS) is 48.7. The van der Waals surface area contributed by atoms with Crippen LogP contribution >= 0.6 is 0 Å². The highest BCUT2D eigenvalue weighted by Crippen LogP contribution is 2.74. The minimum atomic E-state index is -0.872. The number of allylic oxidation sites excluding steroid dienone is 3. The number of nitrogens with zero attached hydrogens (tertiary/aromatic N) is 1. The number of ether oxygens (including phenoxy) is 12. The van der Waals surface area contributed by atoms with Crippen molar-refractivity contribution in [1.29, 1.82) is 0 Å². The Balaban J connectivity index is 0.000000147. The maximum Gasteiger partial charge on any atom is 0.226 e. The van der Waals surface area contributed by atoms with Crippen molar-refractivity contribution in [2.75, 3.05) is 68.2 Å². The van der Waals surface area contributed by atoms with Crippen molar-refractivity contribution in [3.05, 3.63) is 46.6 Å². The van der Waals surface area contributed by atoms with Crippen LogP contribution in [0.5, 0.6) is 0 Å². The lowest BCUT2D eigenvalue weighted by atomic mass is 9.45. The predicted molar refractivity (Wildman–Crippen MR) is 244 cm³/mol. The van der Waals surface area contributed by atoms with Gasteiger partial charge in [0, 0.05) is 36.2 Å². The zero-order valence-corrected chi connectivity index (χ0v) is 41.7. The largest absolute Gasteiger partial charge is 0.515 e. The fourth-order valence-corrected chi connectivity index (χ4v) is 18.3. The Bertz CT molecular complexity index is 2230. The molecule has 0 amide bonds. The minimum Gasteiger partial charge on any atom is -0.515 e. The average Bonchev–Trinajstić information content (AvgIpc) is 4.25. The van der Waals surface area contributed by atoms with Crippen molar-refractivity contribution >= 4 is 11.9 Å². The van der Waals surface area contributed by atoms with E-state index < -0.39 is 22.8 Å². The molecule has 388 valence electrons. The molecule has 0 radical (unpaired) electrons. The van der Waals surface area contributed by atoms with Gasteiger partial charge in [0.2, 0.25) is 11.6 Å². The van der Waals surface area contributed by atoms with Crippen molar-refractivity contribution in [3.8, 4) is 0 Å². The summed E-state index contributed by atoms with van der Waals surface area (Å²) in [5.74, 6) is 5.08. The Morgan fingerprint density at radius 3 is 1.69 bits per heavy atom. The minimum absolute atomic E-state index is 0.00858. The lowest BCUT2D eigenvalue weighted by Gasteiger charge is -2.62. The maximum absolute atomic E-state index is 12.6. The molecule has 8 aliphatic carbocycles. The van der Waals surface area contributed by atoms with Crippen molar-refractivity contribution in [3.63, 3.8) is 0 Å². The van der Waals surface area contributed by atoms with E-state index in [1.807, 2.05) is 6.20 Å². The molecule has 0 bridgehead atoms. The van der Waals surface area contributed by atoms with Gasteiger partial charge < -0.3 is 71.7 Å². The van der Waals surface area contributed by atoms with Gasteiger partial charge in [-0.3, -0.25) is 4.79 Å². The van der Waals surface area contributed by atoms with Crippen molar-refractivity contribution in [2.24, 2.45) is 63.1 Å². The third kappa shape index (κ3) is 6.67. The van der Waals surface area contributed by atoms with E-state index in [9.17, 15) is 9.90 Å². The molecule has 4 aliphatic heterocycles. The first-order valence-corrected chi connectivity index (χ1v) is 25.5. The number of carbonyl (C=O) groups is 1. The number of ketones is 1. The van der Waals surface area contributed by atoms with Crippen molar-refractivity contribution in [2.45, 2.75) is 140 Å². The first-order valence-electron chi connectivity index (χ1n) is 25.5. The Kier molecular flexibility index (Phi) is 12.8. The summed E-state index contributed by atoms with van der Waals surface area (Å²) in [7, 11) is 3.35. The highest BCUT2D eigenvalue weighted by Gasteiger charge is 2.79. The quantitative estimate of drug-likeness (QED) is 0.115. The third-order valence-corrected chi connectivity index (χ3v) is 21.0. The number of carbonyl (C=O) groups excluding carboxylic acids is 1. The second-order valence-electron chi connectivity index (χ2n) is 23.2. The van der Waals surface area contributed by atoms with Gasteiger partial charge in [0.1, 0.15) is 38.0 Å². The van der Waals surface area contributed by atoms with Gasteiger partial charge in [0.05, 0.1) is 24.7 Å². The molecule has 1 aromatic heterocycles. The van der Waals surface area contributed by atoms with Crippen LogP contribution in [0.3, 0.4) is 0 Å². The Morgan fingerprint density at radius 1 is 0.700 bits per heavy atom. The fourth-order valence-electron chi connectivity index (χ4n) is 18.3. The summed E-state index contributed by atoms with van der Waals surface area (Å²) in [4.78, 5) is 12.6. The topological polar surface area (TPSA) is 220 Å². The number of aliphatic hydroxyl groups is 1. The Morgan fingerprint density at radius 2 is 1.20 bits per heavy atom. The summed E-state index contributed by atoms with van der Waals surface area (Å²) in [5.41, 5.74) is 2.63. The van der Waals surface area contributed by atoms with Gasteiger partial charge in [0.25, 0.3) is 0 Å². The Hall–Kier alpha value is -2.66. The van der Waals surface area contributed by atoms with E-state index in [1.54, 1.807) is 20.3 Å². The molecule has 0 aromatic carbocycles. The van der Waals surface area contributed by atoms with Gasteiger partial charge in [-0.15, -0.1) is 0 Å². The van der Waals surface area contributed by atoms with Crippen LogP contribution in [0.4, 0.5) is 0 Å².